The molecule has 0 spiro atoms. The Hall–Kier alpha value is -0.0800. The van der Waals surface area contributed by atoms with Crippen LogP contribution in [0.1, 0.15) is 60.3 Å². The van der Waals surface area contributed by atoms with Gasteiger partial charge in [0, 0.05) is 12.6 Å². The summed E-state index contributed by atoms with van der Waals surface area (Å²) in [5.74, 6) is 0.631. The summed E-state index contributed by atoms with van der Waals surface area (Å²) in [5, 5.41) is 3.66. The highest BCUT2D eigenvalue weighted by Crippen LogP contribution is 2.36. The van der Waals surface area contributed by atoms with Crippen LogP contribution in [-0.4, -0.2) is 25.3 Å². The molecular weight excluding hydrogens is 210 g/mol. The van der Waals surface area contributed by atoms with Crippen molar-refractivity contribution in [2.24, 2.45) is 11.3 Å². The van der Waals surface area contributed by atoms with Gasteiger partial charge in [0.25, 0.3) is 0 Å². The topological polar surface area (TPSA) is 21.3 Å². The van der Waals surface area contributed by atoms with E-state index in [1.165, 1.54) is 25.7 Å². The van der Waals surface area contributed by atoms with Gasteiger partial charge in [0.1, 0.15) is 0 Å². The molecule has 1 aliphatic rings. The van der Waals surface area contributed by atoms with E-state index >= 15 is 0 Å². The van der Waals surface area contributed by atoms with Crippen LogP contribution in [0.2, 0.25) is 0 Å². The Bertz CT molecular complexity index is 213. The van der Waals surface area contributed by atoms with Crippen molar-refractivity contribution in [2.45, 2.75) is 72.4 Å². The molecule has 0 aromatic heterocycles. The first kappa shape index (κ1) is 15.0. The molecule has 2 heteroatoms. The molecule has 1 rings (SSSR count). The third-order valence-corrected chi connectivity index (χ3v) is 3.63. The number of hydrogen-bond acceptors (Lipinski definition) is 2. The zero-order valence-corrected chi connectivity index (χ0v) is 12.4. The van der Waals surface area contributed by atoms with Crippen LogP contribution in [0, 0.1) is 11.3 Å². The van der Waals surface area contributed by atoms with E-state index in [2.05, 4.69) is 39.9 Å². The molecule has 0 saturated heterocycles. The average molecular weight is 241 g/mol. The first-order chi connectivity index (χ1) is 7.94. The zero-order valence-electron chi connectivity index (χ0n) is 12.4. The molecule has 2 nitrogen and oxygen atoms in total. The van der Waals surface area contributed by atoms with E-state index in [0.717, 1.165) is 13.2 Å². The molecule has 0 radical (unpaired) electrons. The van der Waals surface area contributed by atoms with Gasteiger partial charge in [-0.15, -0.1) is 0 Å². The third-order valence-electron chi connectivity index (χ3n) is 3.63. The van der Waals surface area contributed by atoms with Crippen LogP contribution in [0.5, 0.6) is 0 Å². The van der Waals surface area contributed by atoms with Crippen LogP contribution in [0.3, 0.4) is 0 Å². The highest BCUT2D eigenvalue weighted by atomic mass is 16.5. The second-order valence-corrected chi connectivity index (χ2v) is 6.73. The van der Waals surface area contributed by atoms with E-state index in [-0.39, 0.29) is 0 Å². The predicted molar refractivity (Wildman–Crippen MR) is 74.3 cm³/mol. The van der Waals surface area contributed by atoms with Gasteiger partial charge in [-0.3, -0.25) is 0 Å². The summed E-state index contributed by atoms with van der Waals surface area (Å²) in [5.41, 5.74) is 0.450. The summed E-state index contributed by atoms with van der Waals surface area (Å²) in [6, 6.07) is 0.571. The number of ether oxygens (including phenoxy) is 1. The van der Waals surface area contributed by atoms with E-state index < -0.39 is 0 Å². The largest absolute Gasteiger partial charge is 0.376 e. The molecule has 2 unspecified atom stereocenters. The highest BCUT2D eigenvalue weighted by Gasteiger charge is 2.35. The summed E-state index contributed by atoms with van der Waals surface area (Å²) in [6.45, 7) is 13.4. The van der Waals surface area contributed by atoms with Crippen LogP contribution in [0.15, 0.2) is 0 Å². The second-order valence-electron chi connectivity index (χ2n) is 6.73. The molecule has 0 aromatic carbocycles. The van der Waals surface area contributed by atoms with Crippen molar-refractivity contribution in [1.82, 2.24) is 5.32 Å². The summed E-state index contributed by atoms with van der Waals surface area (Å²) >= 11 is 0. The summed E-state index contributed by atoms with van der Waals surface area (Å²) < 4.78 is 6.13. The molecule has 0 amide bonds. The minimum absolute atomic E-state index is 0.410. The molecule has 1 N–H and O–H groups in total. The minimum atomic E-state index is 0.410. The Morgan fingerprint density at radius 2 is 2.06 bits per heavy atom. The van der Waals surface area contributed by atoms with Crippen LogP contribution in [0.25, 0.3) is 0 Å². The fourth-order valence-electron chi connectivity index (χ4n) is 2.58. The molecule has 1 aliphatic carbocycles. The lowest BCUT2D eigenvalue weighted by Gasteiger charge is -2.41. The maximum Gasteiger partial charge on any atom is 0.0733 e. The molecule has 0 heterocycles. The number of rotatable bonds is 6. The smallest absolute Gasteiger partial charge is 0.0733 e. The SMILES string of the molecule is CCCNC1CCC(C)(C)CC1OCC(C)C. The molecule has 102 valence electrons. The Morgan fingerprint density at radius 1 is 1.35 bits per heavy atom. The Labute approximate surface area is 108 Å². The van der Waals surface area contributed by atoms with Crippen molar-refractivity contribution in [3.05, 3.63) is 0 Å². The van der Waals surface area contributed by atoms with Crippen molar-refractivity contribution in [1.29, 1.82) is 0 Å². The number of nitrogens with one attached hydrogen (secondary N) is 1. The van der Waals surface area contributed by atoms with E-state index in [4.69, 9.17) is 4.74 Å². The fraction of sp³-hybridized carbons (Fsp3) is 1.00. The van der Waals surface area contributed by atoms with Crippen LogP contribution < -0.4 is 5.32 Å². The van der Waals surface area contributed by atoms with E-state index in [0.29, 0.717) is 23.5 Å². The van der Waals surface area contributed by atoms with Gasteiger partial charge in [0.15, 0.2) is 0 Å². The molecule has 1 saturated carbocycles. The molecule has 2 atom stereocenters. The normalized spacial score (nSPS) is 28.6. The second kappa shape index (κ2) is 6.75. The van der Waals surface area contributed by atoms with Crippen molar-refractivity contribution in [2.75, 3.05) is 13.2 Å². The third kappa shape index (κ3) is 5.39. The van der Waals surface area contributed by atoms with Crippen LogP contribution in [0.4, 0.5) is 0 Å². The van der Waals surface area contributed by atoms with Gasteiger partial charge < -0.3 is 10.1 Å². The molecule has 0 bridgehead atoms. The molecule has 0 aromatic rings. The molecule has 17 heavy (non-hydrogen) atoms. The highest BCUT2D eigenvalue weighted by molar-refractivity contribution is 4.89. The molecular formula is C15H31NO. The van der Waals surface area contributed by atoms with Gasteiger partial charge >= 0.3 is 0 Å². The Kier molecular flexibility index (Phi) is 5.94. The van der Waals surface area contributed by atoms with Gasteiger partial charge in [-0.2, -0.15) is 0 Å². The molecule has 1 fully saturated rings. The lowest BCUT2D eigenvalue weighted by atomic mass is 9.74. The Balaban J connectivity index is 2.49. The van der Waals surface area contributed by atoms with E-state index in [9.17, 15) is 0 Å². The maximum atomic E-state index is 6.13. The number of hydrogen-bond donors (Lipinski definition) is 1. The first-order valence-corrected chi connectivity index (χ1v) is 7.29. The maximum absolute atomic E-state index is 6.13. The van der Waals surface area contributed by atoms with Gasteiger partial charge in [-0.05, 0) is 43.6 Å². The predicted octanol–water partition coefficient (Wildman–Crippen LogP) is 3.61. The average Bonchev–Trinajstić information content (AvgIpc) is 2.24. The van der Waals surface area contributed by atoms with Crippen molar-refractivity contribution >= 4 is 0 Å². The summed E-state index contributed by atoms with van der Waals surface area (Å²) in [7, 11) is 0. The Morgan fingerprint density at radius 3 is 2.65 bits per heavy atom. The van der Waals surface area contributed by atoms with Crippen molar-refractivity contribution < 1.29 is 4.74 Å². The van der Waals surface area contributed by atoms with Crippen molar-refractivity contribution in [3.8, 4) is 0 Å². The lowest BCUT2D eigenvalue weighted by molar-refractivity contribution is -0.0377. The molecule has 0 aliphatic heterocycles. The van der Waals surface area contributed by atoms with E-state index in [1.807, 2.05) is 0 Å². The van der Waals surface area contributed by atoms with Gasteiger partial charge in [-0.1, -0.05) is 34.6 Å². The zero-order chi connectivity index (χ0) is 12.9. The first-order valence-electron chi connectivity index (χ1n) is 7.29. The van der Waals surface area contributed by atoms with E-state index in [1.54, 1.807) is 0 Å². The van der Waals surface area contributed by atoms with Gasteiger partial charge in [0.2, 0.25) is 0 Å². The summed E-state index contributed by atoms with van der Waals surface area (Å²) in [6.07, 6.45) is 5.39. The van der Waals surface area contributed by atoms with Crippen LogP contribution in [-0.2, 0) is 4.74 Å². The minimum Gasteiger partial charge on any atom is -0.376 e. The monoisotopic (exact) mass is 241 g/mol. The fourth-order valence-corrected chi connectivity index (χ4v) is 2.58. The standard InChI is InChI=1S/C15H31NO/c1-6-9-16-13-7-8-15(4,5)10-14(13)17-11-12(2)3/h12-14,16H,6-11H2,1-5H3. The summed E-state index contributed by atoms with van der Waals surface area (Å²) in [4.78, 5) is 0. The van der Waals surface area contributed by atoms with Crippen LogP contribution >= 0.6 is 0 Å². The lowest BCUT2D eigenvalue weighted by Crippen LogP contribution is -2.48. The van der Waals surface area contributed by atoms with Gasteiger partial charge in [0.05, 0.1) is 6.10 Å². The van der Waals surface area contributed by atoms with Gasteiger partial charge in [-0.25, -0.2) is 0 Å². The quantitative estimate of drug-likeness (QED) is 0.767. The van der Waals surface area contributed by atoms with Crippen molar-refractivity contribution in [3.63, 3.8) is 0 Å².